The fourth-order valence-electron chi connectivity index (χ4n) is 4.79. The maximum Gasteiger partial charge on any atom is 0.238 e. The summed E-state index contributed by atoms with van der Waals surface area (Å²) in [5.74, 6) is 1.10. The van der Waals surface area contributed by atoms with Gasteiger partial charge < -0.3 is 15.5 Å². The van der Waals surface area contributed by atoms with Crippen molar-refractivity contribution in [3.8, 4) is 0 Å². The molecule has 3 heterocycles. The van der Waals surface area contributed by atoms with Crippen molar-refractivity contribution in [3.05, 3.63) is 59.1 Å². The van der Waals surface area contributed by atoms with Crippen molar-refractivity contribution in [1.82, 2.24) is 9.80 Å². The molecule has 2 N–H and O–H groups in total. The van der Waals surface area contributed by atoms with E-state index in [-0.39, 0.29) is 11.6 Å². The first kappa shape index (κ1) is 19.4. The van der Waals surface area contributed by atoms with Gasteiger partial charge in [0.25, 0.3) is 0 Å². The van der Waals surface area contributed by atoms with E-state index in [4.69, 9.17) is 16.6 Å². The van der Waals surface area contributed by atoms with E-state index in [0.717, 1.165) is 51.3 Å². The molecule has 0 atom stereocenters. The Morgan fingerprint density at radius 2 is 1.87 bits per heavy atom. The number of carbonyl (C=O) groups excluding carboxylic acids is 1. The van der Waals surface area contributed by atoms with Crippen LogP contribution in [0.5, 0.6) is 0 Å². The summed E-state index contributed by atoms with van der Waals surface area (Å²) in [7, 11) is 0. The van der Waals surface area contributed by atoms with Gasteiger partial charge in [0.1, 0.15) is 11.5 Å². The van der Waals surface area contributed by atoms with Gasteiger partial charge in [-0.05, 0) is 30.7 Å². The molecular formula is C23H26ClN5O. The van der Waals surface area contributed by atoms with Crippen LogP contribution in [0.3, 0.4) is 0 Å². The highest BCUT2D eigenvalue weighted by molar-refractivity contribution is 6.33. The summed E-state index contributed by atoms with van der Waals surface area (Å²) in [5.41, 5.74) is 2.91. The minimum Gasteiger partial charge on any atom is -0.362 e. The Morgan fingerprint density at radius 3 is 2.70 bits per heavy atom. The molecule has 2 aromatic rings. The van der Waals surface area contributed by atoms with Crippen LogP contribution in [0.15, 0.2) is 53.5 Å². The van der Waals surface area contributed by atoms with E-state index in [1.165, 1.54) is 11.3 Å². The number of carbonyl (C=O) groups is 1. The maximum atomic E-state index is 12.5. The van der Waals surface area contributed by atoms with Crippen molar-refractivity contribution in [2.75, 3.05) is 43.4 Å². The van der Waals surface area contributed by atoms with Gasteiger partial charge in [-0.1, -0.05) is 35.9 Å². The Kier molecular flexibility index (Phi) is 5.13. The van der Waals surface area contributed by atoms with E-state index in [1.807, 2.05) is 18.2 Å². The quantitative estimate of drug-likeness (QED) is 0.791. The lowest BCUT2D eigenvalue weighted by Gasteiger charge is -2.54. The largest absolute Gasteiger partial charge is 0.362 e. The van der Waals surface area contributed by atoms with Crippen molar-refractivity contribution in [2.24, 2.45) is 4.99 Å². The molecule has 1 saturated heterocycles. The Hall–Kier alpha value is -2.57. The van der Waals surface area contributed by atoms with Crippen LogP contribution in [0.2, 0.25) is 5.02 Å². The number of piperidine rings is 1. The van der Waals surface area contributed by atoms with Crippen LogP contribution in [0.4, 0.5) is 11.4 Å². The Balaban J connectivity index is 1.27. The Bertz CT molecular complexity index is 983. The summed E-state index contributed by atoms with van der Waals surface area (Å²) in [6.45, 7) is 4.00. The molecule has 30 heavy (non-hydrogen) atoms. The second-order valence-corrected chi connectivity index (χ2v) is 8.62. The van der Waals surface area contributed by atoms with Crippen LogP contribution in [0.25, 0.3) is 0 Å². The summed E-state index contributed by atoms with van der Waals surface area (Å²) in [5, 5.41) is 7.32. The molecule has 156 valence electrons. The second kappa shape index (κ2) is 7.93. The number of amidine groups is 1. The van der Waals surface area contributed by atoms with Crippen molar-refractivity contribution >= 4 is 34.7 Å². The highest BCUT2D eigenvalue weighted by Gasteiger charge is 2.45. The van der Waals surface area contributed by atoms with Gasteiger partial charge in [-0.3, -0.25) is 14.7 Å². The molecule has 0 bridgehead atoms. The number of hydrogen-bond acceptors (Lipinski definition) is 5. The number of fused-ring (bicyclic) bond motifs is 4. The molecule has 0 radical (unpaired) electrons. The zero-order chi connectivity index (χ0) is 20.6. The zero-order valence-electron chi connectivity index (χ0n) is 16.9. The number of hydrogen-bond donors (Lipinski definition) is 2. The van der Waals surface area contributed by atoms with Gasteiger partial charge in [0.2, 0.25) is 5.91 Å². The standard InChI is InChI=1S/C23H26ClN5O/c24-18-7-2-4-9-20(18)26-21(30)16-28-14-10-23(11-15-28)27-19-8-3-1-6-17(19)22-25-12-5-13-29(22)23/h1-4,6-9,27H,5,10-16H2,(H,26,30). The third-order valence-electron chi connectivity index (χ3n) is 6.31. The SMILES string of the molecule is O=C(CN1CCC2(CC1)Nc1ccccc1C1=NCCCN12)Nc1ccccc1Cl. The topological polar surface area (TPSA) is 60.0 Å². The number of likely N-dealkylation sites (tertiary alicyclic amines) is 1. The van der Waals surface area contributed by atoms with Crippen molar-refractivity contribution in [3.63, 3.8) is 0 Å². The molecule has 0 unspecified atom stereocenters. The first-order valence-electron chi connectivity index (χ1n) is 10.6. The van der Waals surface area contributed by atoms with Crippen molar-refractivity contribution in [1.29, 1.82) is 0 Å². The molecule has 1 amide bonds. The summed E-state index contributed by atoms with van der Waals surface area (Å²) >= 11 is 6.16. The second-order valence-electron chi connectivity index (χ2n) is 8.22. The molecule has 0 saturated carbocycles. The number of benzene rings is 2. The van der Waals surface area contributed by atoms with Crippen LogP contribution in [-0.2, 0) is 4.79 Å². The zero-order valence-corrected chi connectivity index (χ0v) is 17.7. The van der Waals surface area contributed by atoms with E-state index < -0.39 is 0 Å². The molecule has 1 fully saturated rings. The third kappa shape index (κ3) is 3.55. The average Bonchev–Trinajstić information content (AvgIpc) is 2.77. The normalized spacial score (nSPS) is 20.0. The van der Waals surface area contributed by atoms with E-state index in [9.17, 15) is 4.79 Å². The van der Waals surface area contributed by atoms with Gasteiger partial charge in [-0.15, -0.1) is 0 Å². The molecule has 5 rings (SSSR count). The first-order valence-corrected chi connectivity index (χ1v) is 11.0. The van der Waals surface area contributed by atoms with Gasteiger partial charge in [0, 0.05) is 50.3 Å². The molecule has 2 aromatic carbocycles. The maximum absolute atomic E-state index is 12.5. The number of nitrogens with one attached hydrogen (secondary N) is 2. The van der Waals surface area contributed by atoms with Gasteiger partial charge in [-0.2, -0.15) is 0 Å². The first-order chi connectivity index (χ1) is 14.6. The predicted octanol–water partition coefficient (Wildman–Crippen LogP) is 3.65. The Labute approximate surface area is 181 Å². The third-order valence-corrected chi connectivity index (χ3v) is 6.64. The summed E-state index contributed by atoms with van der Waals surface area (Å²) in [6.07, 6.45) is 2.97. The number of aliphatic imine (C=N–C) groups is 1. The van der Waals surface area contributed by atoms with Crippen LogP contribution in [0, 0.1) is 0 Å². The van der Waals surface area contributed by atoms with Crippen molar-refractivity contribution < 1.29 is 4.79 Å². The lowest BCUT2D eigenvalue weighted by molar-refractivity contribution is -0.117. The number of anilines is 2. The molecule has 0 aliphatic carbocycles. The number of rotatable bonds is 3. The minimum absolute atomic E-state index is 0.0266. The fourth-order valence-corrected chi connectivity index (χ4v) is 4.97. The smallest absolute Gasteiger partial charge is 0.238 e. The number of nitrogens with zero attached hydrogens (tertiary/aromatic N) is 3. The monoisotopic (exact) mass is 423 g/mol. The van der Waals surface area contributed by atoms with E-state index in [0.29, 0.717) is 17.3 Å². The molecular weight excluding hydrogens is 398 g/mol. The summed E-state index contributed by atoms with van der Waals surface area (Å²) in [6, 6.07) is 15.8. The van der Waals surface area contributed by atoms with E-state index in [1.54, 1.807) is 6.07 Å². The minimum atomic E-state index is -0.122. The lowest BCUT2D eigenvalue weighted by Crippen LogP contribution is -2.65. The highest BCUT2D eigenvalue weighted by atomic mass is 35.5. The van der Waals surface area contributed by atoms with Gasteiger partial charge >= 0.3 is 0 Å². The number of halogens is 1. The van der Waals surface area contributed by atoms with Crippen LogP contribution in [0.1, 0.15) is 24.8 Å². The molecule has 1 spiro atoms. The number of para-hydroxylation sites is 2. The van der Waals surface area contributed by atoms with Crippen LogP contribution >= 0.6 is 11.6 Å². The average molecular weight is 424 g/mol. The Morgan fingerprint density at radius 1 is 1.10 bits per heavy atom. The van der Waals surface area contributed by atoms with Crippen LogP contribution < -0.4 is 10.6 Å². The van der Waals surface area contributed by atoms with Crippen LogP contribution in [-0.4, -0.2) is 59.9 Å². The molecule has 3 aliphatic heterocycles. The number of amides is 1. The summed E-state index contributed by atoms with van der Waals surface area (Å²) in [4.78, 5) is 22.1. The predicted molar refractivity (Wildman–Crippen MR) is 121 cm³/mol. The molecule has 6 nitrogen and oxygen atoms in total. The van der Waals surface area contributed by atoms with Crippen molar-refractivity contribution in [2.45, 2.75) is 24.9 Å². The van der Waals surface area contributed by atoms with Gasteiger partial charge in [-0.25, -0.2) is 0 Å². The molecule has 3 aliphatic rings. The highest BCUT2D eigenvalue weighted by Crippen LogP contribution is 2.39. The lowest BCUT2D eigenvalue weighted by atomic mass is 9.89. The van der Waals surface area contributed by atoms with Gasteiger partial charge in [0.05, 0.1) is 17.3 Å². The summed E-state index contributed by atoms with van der Waals surface area (Å²) < 4.78 is 0. The van der Waals surface area contributed by atoms with E-state index in [2.05, 4.69) is 44.7 Å². The van der Waals surface area contributed by atoms with Gasteiger partial charge in [0.15, 0.2) is 0 Å². The molecule has 7 heteroatoms. The van der Waals surface area contributed by atoms with E-state index >= 15 is 0 Å². The molecule has 0 aromatic heterocycles. The fraction of sp³-hybridized carbons (Fsp3) is 0.391.